The minimum Gasteiger partial charge on any atom is -0.507 e. The van der Waals surface area contributed by atoms with E-state index in [9.17, 15) is 9.90 Å². The summed E-state index contributed by atoms with van der Waals surface area (Å²) in [6, 6.07) is 3.65. The average molecular weight is 288 g/mol. The number of aromatic hydroxyl groups is 1. The lowest BCUT2D eigenvalue weighted by Crippen LogP contribution is -2.18. The fourth-order valence-electron chi connectivity index (χ4n) is 2.24. The molecule has 0 fully saturated rings. The van der Waals surface area contributed by atoms with Crippen molar-refractivity contribution in [2.75, 3.05) is 0 Å². The molecule has 0 heterocycles. The molecule has 1 rings (SSSR count). The molecule has 0 atom stereocenters. The number of benzene rings is 1. The van der Waals surface area contributed by atoms with Crippen LogP contribution < -0.4 is 0 Å². The highest BCUT2D eigenvalue weighted by Gasteiger charge is 2.27. The lowest BCUT2D eigenvalue weighted by Gasteiger charge is -2.27. The standard InChI is InChI=1S/C19H28O2/c1-8-9-10-16(20)13-11-14(18(2,3)4)17(21)15(12-13)19(5,6)7/h9-12,21H,8H2,1-7H3/b10-9+. The largest absolute Gasteiger partial charge is 0.507 e. The van der Waals surface area contributed by atoms with Gasteiger partial charge in [-0.05, 0) is 35.5 Å². The first kappa shape index (κ1) is 17.5. The van der Waals surface area contributed by atoms with E-state index >= 15 is 0 Å². The van der Waals surface area contributed by atoms with Crippen LogP contribution >= 0.6 is 0 Å². The van der Waals surface area contributed by atoms with E-state index in [4.69, 9.17) is 0 Å². The molecule has 0 bridgehead atoms. The highest BCUT2D eigenvalue weighted by atomic mass is 16.3. The molecule has 0 saturated carbocycles. The molecule has 1 aromatic rings. The van der Waals surface area contributed by atoms with Gasteiger partial charge in [-0.1, -0.05) is 54.5 Å². The van der Waals surface area contributed by atoms with Crippen molar-refractivity contribution in [1.29, 1.82) is 0 Å². The molecule has 0 aromatic heterocycles. The number of carbonyl (C=O) groups excluding carboxylic acids is 1. The quantitative estimate of drug-likeness (QED) is 0.618. The first-order valence-electron chi connectivity index (χ1n) is 7.57. The van der Waals surface area contributed by atoms with Crippen LogP contribution in [0, 0.1) is 0 Å². The van der Waals surface area contributed by atoms with Gasteiger partial charge in [0.25, 0.3) is 0 Å². The maximum absolute atomic E-state index is 12.3. The molecular formula is C19H28O2. The van der Waals surface area contributed by atoms with Crippen molar-refractivity contribution >= 4 is 5.78 Å². The fraction of sp³-hybridized carbons (Fsp3) is 0.526. The third-order valence-electron chi connectivity index (χ3n) is 3.52. The van der Waals surface area contributed by atoms with Gasteiger partial charge in [-0.25, -0.2) is 0 Å². The number of phenolic OH excluding ortho intramolecular Hbond substituents is 1. The van der Waals surface area contributed by atoms with Crippen molar-refractivity contribution in [2.45, 2.75) is 65.7 Å². The van der Waals surface area contributed by atoms with Crippen molar-refractivity contribution in [3.05, 3.63) is 41.0 Å². The fourth-order valence-corrected chi connectivity index (χ4v) is 2.24. The molecule has 1 aromatic carbocycles. The van der Waals surface area contributed by atoms with E-state index in [1.165, 1.54) is 0 Å². The molecule has 2 nitrogen and oxygen atoms in total. The van der Waals surface area contributed by atoms with Gasteiger partial charge in [0.1, 0.15) is 5.75 Å². The number of allylic oxidation sites excluding steroid dienone is 2. The predicted molar refractivity (Wildman–Crippen MR) is 89.3 cm³/mol. The Morgan fingerprint density at radius 3 is 1.81 bits per heavy atom. The summed E-state index contributed by atoms with van der Waals surface area (Å²) in [6.45, 7) is 14.3. The molecule has 1 N–H and O–H groups in total. The summed E-state index contributed by atoms with van der Waals surface area (Å²) >= 11 is 0. The van der Waals surface area contributed by atoms with Crippen molar-refractivity contribution in [3.8, 4) is 5.75 Å². The second-order valence-corrected chi connectivity index (χ2v) is 7.59. The van der Waals surface area contributed by atoms with E-state index in [1.807, 2.05) is 66.7 Å². The molecular weight excluding hydrogens is 260 g/mol. The maximum Gasteiger partial charge on any atom is 0.185 e. The number of ketones is 1. The summed E-state index contributed by atoms with van der Waals surface area (Å²) in [6.07, 6.45) is 4.32. The van der Waals surface area contributed by atoms with Gasteiger partial charge in [0.2, 0.25) is 0 Å². The second kappa shape index (κ2) is 6.05. The summed E-state index contributed by atoms with van der Waals surface area (Å²) in [4.78, 5) is 12.3. The number of phenols is 1. The number of hydrogen-bond donors (Lipinski definition) is 1. The van der Waals surface area contributed by atoms with Crippen LogP contribution in [0.25, 0.3) is 0 Å². The molecule has 0 spiro atoms. The third-order valence-corrected chi connectivity index (χ3v) is 3.52. The monoisotopic (exact) mass is 288 g/mol. The molecule has 0 saturated heterocycles. The lowest BCUT2D eigenvalue weighted by molar-refractivity contribution is 0.104. The van der Waals surface area contributed by atoms with Crippen LogP contribution in [-0.2, 0) is 10.8 Å². The smallest absolute Gasteiger partial charge is 0.185 e. The molecule has 0 aliphatic heterocycles. The summed E-state index contributed by atoms with van der Waals surface area (Å²) in [7, 11) is 0. The summed E-state index contributed by atoms with van der Waals surface area (Å²) < 4.78 is 0. The van der Waals surface area contributed by atoms with Crippen molar-refractivity contribution in [2.24, 2.45) is 0 Å². The Hall–Kier alpha value is -1.57. The van der Waals surface area contributed by atoms with Gasteiger partial charge >= 0.3 is 0 Å². The van der Waals surface area contributed by atoms with E-state index in [2.05, 4.69) is 0 Å². The maximum atomic E-state index is 12.3. The summed E-state index contributed by atoms with van der Waals surface area (Å²) in [5, 5.41) is 10.6. The van der Waals surface area contributed by atoms with Gasteiger partial charge in [0.15, 0.2) is 5.78 Å². The molecule has 0 aliphatic rings. The predicted octanol–water partition coefficient (Wildman–Crippen LogP) is 5.14. The molecule has 116 valence electrons. The Labute approximate surface area is 128 Å². The van der Waals surface area contributed by atoms with Crippen LogP contribution in [0.15, 0.2) is 24.3 Å². The van der Waals surface area contributed by atoms with E-state index in [1.54, 1.807) is 6.08 Å². The minimum absolute atomic E-state index is 0.00662. The zero-order chi connectivity index (χ0) is 16.4. The van der Waals surface area contributed by atoms with E-state index in [0.717, 1.165) is 17.5 Å². The molecule has 0 radical (unpaired) electrons. The van der Waals surface area contributed by atoms with Crippen molar-refractivity contribution in [1.82, 2.24) is 0 Å². The minimum atomic E-state index is -0.213. The normalized spacial score (nSPS) is 12.9. The Morgan fingerprint density at radius 1 is 1.05 bits per heavy atom. The van der Waals surface area contributed by atoms with E-state index in [-0.39, 0.29) is 16.6 Å². The van der Waals surface area contributed by atoms with Crippen LogP contribution in [0.4, 0.5) is 0 Å². The highest BCUT2D eigenvalue weighted by Crippen LogP contribution is 2.39. The van der Waals surface area contributed by atoms with E-state index in [0.29, 0.717) is 11.3 Å². The number of rotatable bonds is 3. The summed E-state index contributed by atoms with van der Waals surface area (Å²) in [5.41, 5.74) is 1.86. The Morgan fingerprint density at radius 2 is 1.48 bits per heavy atom. The van der Waals surface area contributed by atoms with Gasteiger partial charge in [-0.3, -0.25) is 4.79 Å². The van der Waals surface area contributed by atoms with Gasteiger partial charge in [-0.2, -0.15) is 0 Å². The topological polar surface area (TPSA) is 37.3 Å². The van der Waals surface area contributed by atoms with Crippen LogP contribution in [0.5, 0.6) is 5.75 Å². The third kappa shape index (κ3) is 4.20. The second-order valence-electron chi connectivity index (χ2n) is 7.59. The molecule has 2 heteroatoms. The first-order valence-corrected chi connectivity index (χ1v) is 7.57. The molecule has 21 heavy (non-hydrogen) atoms. The van der Waals surface area contributed by atoms with Crippen molar-refractivity contribution in [3.63, 3.8) is 0 Å². The highest BCUT2D eigenvalue weighted by molar-refractivity contribution is 6.05. The van der Waals surface area contributed by atoms with Crippen LogP contribution in [0.2, 0.25) is 0 Å². The van der Waals surface area contributed by atoms with Gasteiger partial charge in [-0.15, -0.1) is 0 Å². The lowest BCUT2D eigenvalue weighted by atomic mass is 9.78. The van der Waals surface area contributed by atoms with Crippen LogP contribution in [0.1, 0.15) is 76.4 Å². The van der Waals surface area contributed by atoms with Crippen molar-refractivity contribution < 1.29 is 9.90 Å². The first-order chi connectivity index (χ1) is 9.48. The zero-order valence-corrected chi connectivity index (χ0v) is 14.4. The molecule has 0 unspecified atom stereocenters. The van der Waals surface area contributed by atoms with Crippen LogP contribution in [0.3, 0.4) is 0 Å². The molecule has 0 amide bonds. The average Bonchev–Trinajstić information content (AvgIpc) is 2.33. The SMILES string of the molecule is CC/C=C/C(=O)c1cc(C(C)(C)C)c(O)c(C(C)(C)C)c1. The van der Waals surface area contributed by atoms with Gasteiger partial charge in [0.05, 0.1) is 0 Å². The van der Waals surface area contributed by atoms with Gasteiger partial charge < -0.3 is 5.11 Å². The van der Waals surface area contributed by atoms with E-state index < -0.39 is 0 Å². The Kier molecular flexibility index (Phi) is 5.03. The number of carbonyl (C=O) groups is 1. The zero-order valence-electron chi connectivity index (χ0n) is 14.4. The number of hydrogen-bond acceptors (Lipinski definition) is 2. The molecule has 0 aliphatic carbocycles. The van der Waals surface area contributed by atoms with Crippen LogP contribution in [-0.4, -0.2) is 10.9 Å². The summed E-state index contributed by atoms with van der Waals surface area (Å²) in [5.74, 6) is 0.305. The Balaban J connectivity index is 3.55. The van der Waals surface area contributed by atoms with Gasteiger partial charge in [0, 0.05) is 16.7 Å². The Bertz CT molecular complexity index is 517.